The zero-order valence-electron chi connectivity index (χ0n) is 18.2. The van der Waals surface area contributed by atoms with Gasteiger partial charge in [0, 0.05) is 17.0 Å². The average Bonchev–Trinajstić information content (AvgIpc) is 3.22. The molecule has 4 rings (SSSR count). The molecule has 2 heterocycles. The number of hydrogen-bond donors (Lipinski definition) is 5. The van der Waals surface area contributed by atoms with Gasteiger partial charge in [0.25, 0.3) is 5.91 Å². The van der Waals surface area contributed by atoms with Crippen LogP contribution in [0.25, 0.3) is 0 Å². The number of thiophene rings is 1. The molecule has 1 aromatic heterocycles. The molecular weight excluding hydrogens is 474 g/mol. The van der Waals surface area contributed by atoms with E-state index in [1.54, 1.807) is 36.4 Å². The van der Waals surface area contributed by atoms with E-state index >= 15 is 0 Å². The molecule has 0 fully saturated rings. The van der Waals surface area contributed by atoms with Gasteiger partial charge in [0.1, 0.15) is 16.5 Å². The number of carboxylic acid groups (broad SMARTS) is 2. The topological polar surface area (TPSA) is 154 Å². The van der Waals surface area contributed by atoms with Crippen LogP contribution in [0.1, 0.15) is 37.2 Å². The first-order valence-corrected chi connectivity index (χ1v) is 11.4. The molecule has 5 N–H and O–H groups in total. The van der Waals surface area contributed by atoms with Crippen molar-refractivity contribution in [3.8, 4) is 11.5 Å². The minimum Gasteiger partial charge on any atom is -0.478 e. The van der Waals surface area contributed by atoms with Crippen LogP contribution in [0.5, 0.6) is 11.5 Å². The molecule has 0 saturated heterocycles. The predicted octanol–water partition coefficient (Wildman–Crippen LogP) is 2.88. The van der Waals surface area contributed by atoms with Gasteiger partial charge in [-0.15, -0.1) is 11.3 Å². The quantitative estimate of drug-likeness (QED) is 0.314. The first-order chi connectivity index (χ1) is 16.8. The zero-order valence-corrected chi connectivity index (χ0v) is 19.1. The number of carbonyl (C=O) groups is 4. The fourth-order valence-electron chi connectivity index (χ4n) is 3.73. The predicted molar refractivity (Wildman–Crippen MR) is 127 cm³/mol. The van der Waals surface area contributed by atoms with Crippen molar-refractivity contribution in [1.29, 1.82) is 0 Å². The smallest absolute Gasteiger partial charge is 0.394 e. The second-order valence-corrected chi connectivity index (χ2v) is 8.68. The highest BCUT2D eigenvalue weighted by Crippen LogP contribution is 2.39. The van der Waals surface area contributed by atoms with Gasteiger partial charge in [0.05, 0.1) is 11.6 Å². The van der Waals surface area contributed by atoms with Crippen LogP contribution in [0.4, 0.5) is 5.00 Å². The van der Waals surface area contributed by atoms with Gasteiger partial charge < -0.3 is 30.9 Å². The van der Waals surface area contributed by atoms with Crippen molar-refractivity contribution in [2.24, 2.45) is 0 Å². The zero-order chi connectivity index (χ0) is 24.9. The van der Waals surface area contributed by atoms with Gasteiger partial charge in [-0.25, -0.2) is 9.59 Å². The monoisotopic (exact) mass is 495 g/mol. The Morgan fingerprint density at radius 2 is 1.77 bits per heavy atom. The number of para-hydroxylation sites is 1. The molecule has 2 aromatic carbocycles. The summed E-state index contributed by atoms with van der Waals surface area (Å²) in [7, 11) is 0. The highest BCUT2D eigenvalue weighted by molar-refractivity contribution is 7.17. The van der Waals surface area contributed by atoms with Crippen LogP contribution in [-0.4, -0.2) is 47.1 Å². The summed E-state index contributed by atoms with van der Waals surface area (Å²) in [5.74, 6) is -3.49. The molecule has 1 atom stereocenters. The molecule has 180 valence electrons. The highest BCUT2D eigenvalue weighted by Gasteiger charge is 2.31. The van der Waals surface area contributed by atoms with Crippen LogP contribution in [-0.2, 0) is 16.0 Å². The van der Waals surface area contributed by atoms with Crippen LogP contribution < -0.4 is 20.7 Å². The van der Waals surface area contributed by atoms with E-state index in [2.05, 4.69) is 16.0 Å². The highest BCUT2D eigenvalue weighted by atomic mass is 32.1. The van der Waals surface area contributed by atoms with Crippen molar-refractivity contribution < 1.29 is 34.1 Å². The molecule has 2 amide bonds. The lowest BCUT2D eigenvalue weighted by Gasteiger charge is -2.24. The number of aliphatic carboxylic acids is 1. The molecule has 0 spiro atoms. The number of anilines is 1. The van der Waals surface area contributed by atoms with E-state index in [9.17, 15) is 24.3 Å². The van der Waals surface area contributed by atoms with Crippen molar-refractivity contribution in [3.63, 3.8) is 0 Å². The van der Waals surface area contributed by atoms with E-state index in [0.29, 0.717) is 40.5 Å². The Hall–Kier alpha value is -4.22. The first-order valence-electron chi connectivity index (χ1n) is 10.6. The Morgan fingerprint density at radius 1 is 1.03 bits per heavy atom. The van der Waals surface area contributed by atoms with E-state index < -0.39 is 23.9 Å². The van der Waals surface area contributed by atoms with Crippen molar-refractivity contribution in [3.05, 3.63) is 76.2 Å². The number of rotatable bonds is 7. The second kappa shape index (κ2) is 10.4. The van der Waals surface area contributed by atoms with E-state index in [1.807, 2.05) is 18.2 Å². The van der Waals surface area contributed by atoms with Crippen LogP contribution >= 0.6 is 11.3 Å². The number of ether oxygens (including phenoxy) is 1. The minimum absolute atomic E-state index is 0.0410. The summed E-state index contributed by atoms with van der Waals surface area (Å²) >= 11 is 0.985. The summed E-state index contributed by atoms with van der Waals surface area (Å²) in [4.78, 5) is 47.8. The molecule has 35 heavy (non-hydrogen) atoms. The van der Waals surface area contributed by atoms with Gasteiger partial charge >= 0.3 is 17.8 Å². The summed E-state index contributed by atoms with van der Waals surface area (Å²) in [6.07, 6.45) is 0.389. The normalized spacial score (nSPS) is 14.5. The van der Waals surface area contributed by atoms with Gasteiger partial charge in [-0.1, -0.05) is 24.3 Å². The fourth-order valence-corrected chi connectivity index (χ4v) is 5.05. The fraction of sp³-hybridized carbons (Fsp3) is 0.167. The molecule has 10 nitrogen and oxygen atoms in total. The number of benzene rings is 2. The van der Waals surface area contributed by atoms with Crippen LogP contribution in [0.15, 0.2) is 54.6 Å². The van der Waals surface area contributed by atoms with E-state index in [0.717, 1.165) is 11.3 Å². The van der Waals surface area contributed by atoms with Crippen LogP contribution in [0.2, 0.25) is 0 Å². The Balaban J connectivity index is 1.48. The SMILES string of the molecule is O=C(O)C(=O)Nc1sc2c(c1C(=O)O)CCN[C@H]2CNC(=O)c1cccc(Oc2ccccc2)c1. The third-order valence-electron chi connectivity index (χ3n) is 5.30. The lowest BCUT2D eigenvalue weighted by Crippen LogP contribution is -2.38. The van der Waals surface area contributed by atoms with Gasteiger partial charge in [0.15, 0.2) is 0 Å². The lowest BCUT2D eigenvalue weighted by molar-refractivity contribution is -0.147. The van der Waals surface area contributed by atoms with Gasteiger partial charge in [0.2, 0.25) is 0 Å². The summed E-state index contributed by atoms with van der Waals surface area (Å²) in [5, 5.41) is 26.7. The minimum atomic E-state index is -1.71. The molecule has 3 aromatic rings. The van der Waals surface area contributed by atoms with Crippen LogP contribution in [0.3, 0.4) is 0 Å². The van der Waals surface area contributed by atoms with Crippen molar-refractivity contribution in [2.45, 2.75) is 12.5 Å². The largest absolute Gasteiger partial charge is 0.478 e. The van der Waals surface area contributed by atoms with Crippen LogP contribution in [0, 0.1) is 0 Å². The van der Waals surface area contributed by atoms with E-state index in [-0.39, 0.29) is 23.0 Å². The van der Waals surface area contributed by atoms with E-state index in [4.69, 9.17) is 9.84 Å². The Morgan fingerprint density at radius 3 is 2.49 bits per heavy atom. The maximum atomic E-state index is 12.8. The lowest BCUT2D eigenvalue weighted by atomic mass is 9.99. The molecule has 0 saturated carbocycles. The molecule has 0 aliphatic carbocycles. The maximum Gasteiger partial charge on any atom is 0.394 e. The summed E-state index contributed by atoms with van der Waals surface area (Å²) in [6.45, 7) is 0.610. The molecule has 11 heteroatoms. The van der Waals surface area contributed by atoms with Crippen molar-refractivity contribution in [1.82, 2.24) is 10.6 Å². The number of carboxylic acids is 2. The maximum absolute atomic E-state index is 12.8. The van der Waals surface area contributed by atoms with Crippen molar-refractivity contribution in [2.75, 3.05) is 18.4 Å². The number of fused-ring (bicyclic) bond motifs is 1. The Kier molecular flexibility index (Phi) is 7.09. The van der Waals surface area contributed by atoms with Crippen molar-refractivity contribution >= 4 is 40.1 Å². The summed E-state index contributed by atoms with van der Waals surface area (Å²) in [5.41, 5.74) is 0.781. The number of amides is 2. The number of aromatic carboxylic acids is 1. The third kappa shape index (κ3) is 5.48. The van der Waals surface area contributed by atoms with Gasteiger partial charge in [-0.05, 0) is 48.9 Å². The number of carbonyl (C=O) groups excluding carboxylic acids is 2. The molecule has 1 aliphatic heterocycles. The van der Waals surface area contributed by atoms with E-state index in [1.165, 1.54) is 0 Å². The average molecular weight is 496 g/mol. The third-order valence-corrected chi connectivity index (χ3v) is 6.56. The Bertz CT molecular complexity index is 1290. The first kappa shape index (κ1) is 23.9. The molecular formula is C24H21N3O7S. The molecule has 1 aliphatic rings. The van der Waals surface area contributed by atoms with Gasteiger partial charge in [-0.2, -0.15) is 0 Å². The number of nitrogens with one attached hydrogen (secondary N) is 3. The molecule has 0 bridgehead atoms. The number of hydrogen-bond acceptors (Lipinski definition) is 7. The Labute approximate surface area is 203 Å². The summed E-state index contributed by atoms with van der Waals surface area (Å²) < 4.78 is 5.77. The summed E-state index contributed by atoms with van der Waals surface area (Å²) in [6, 6.07) is 15.5. The second-order valence-electron chi connectivity index (χ2n) is 7.62. The molecule has 0 radical (unpaired) electrons. The van der Waals surface area contributed by atoms with Gasteiger partial charge in [-0.3, -0.25) is 9.59 Å². The standard InChI is InChI=1S/C24H21N3O7S/c28-20(13-5-4-8-15(11-13)34-14-6-2-1-3-7-14)26-12-17-19-16(9-10-25-17)18(23(30)31)22(35-19)27-21(29)24(32)33/h1-8,11,17,25H,9-10,12H2,(H,26,28)(H,27,29)(H,30,31)(H,32,33)/t17-/m0/s1. The molecule has 0 unspecified atom stereocenters.